The van der Waals surface area contributed by atoms with Gasteiger partial charge in [0, 0.05) is 12.0 Å². The summed E-state index contributed by atoms with van der Waals surface area (Å²) in [6.45, 7) is 1.88. The number of anilines is 1. The summed E-state index contributed by atoms with van der Waals surface area (Å²) in [5, 5.41) is 4.12. The molecule has 2 N–H and O–H groups in total. The molecule has 0 saturated carbocycles. The number of fused-ring (bicyclic) bond motifs is 1. The Kier molecular flexibility index (Phi) is 3.75. The lowest BCUT2D eigenvalue weighted by molar-refractivity contribution is 0.212. The van der Waals surface area contributed by atoms with Crippen molar-refractivity contribution in [3.05, 3.63) is 52.6 Å². The van der Waals surface area contributed by atoms with Crippen LogP contribution >= 0.6 is 0 Å². The van der Waals surface area contributed by atoms with Crippen molar-refractivity contribution in [2.24, 2.45) is 5.16 Å². The van der Waals surface area contributed by atoms with E-state index in [0.29, 0.717) is 12.8 Å². The van der Waals surface area contributed by atoms with Crippen molar-refractivity contribution in [3.63, 3.8) is 0 Å². The normalized spacial score (nSPS) is 19.0. The number of oxime groups is 1. The summed E-state index contributed by atoms with van der Waals surface area (Å²) < 4.78 is 13.5. The molecule has 0 saturated heterocycles. The van der Waals surface area contributed by atoms with Crippen molar-refractivity contribution in [1.29, 1.82) is 0 Å². The first-order chi connectivity index (χ1) is 10.6. The first-order valence-electron chi connectivity index (χ1n) is 7.07. The van der Waals surface area contributed by atoms with Gasteiger partial charge in [-0.3, -0.25) is 0 Å². The van der Waals surface area contributed by atoms with Gasteiger partial charge in [0.15, 0.2) is 0 Å². The predicted molar refractivity (Wildman–Crippen MR) is 82.2 cm³/mol. The Morgan fingerprint density at radius 3 is 2.86 bits per heavy atom. The highest BCUT2D eigenvalue weighted by molar-refractivity contribution is 6.03. The summed E-state index contributed by atoms with van der Waals surface area (Å²) >= 11 is 0. The number of benzene rings is 1. The molecular weight excluding hydrogens is 283 g/mol. The molecule has 6 heteroatoms. The Bertz CT molecular complexity index is 745. The topological polar surface area (TPSA) is 73.4 Å². The number of nitrogen functional groups attached to an aromatic ring is 1. The highest BCUT2D eigenvalue weighted by Gasteiger charge is 2.29. The van der Waals surface area contributed by atoms with Gasteiger partial charge in [0.05, 0.1) is 17.1 Å². The van der Waals surface area contributed by atoms with Crippen LogP contribution in [0.4, 0.5) is 10.3 Å². The number of hydrogen-bond acceptors (Lipinski definition) is 5. The van der Waals surface area contributed by atoms with Gasteiger partial charge in [0.1, 0.15) is 12.9 Å². The predicted octanol–water partition coefficient (Wildman–Crippen LogP) is 2.59. The summed E-state index contributed by atoms with van der Waals surface area (Å²) in [5.41, 5.74) is 9.97. The number of nitrogens with two attached hydrogens (primary N) is 1. The van der Waals surface area contributed by atoms with Crippen molar-refractivity contribution in [2.45, 2.75) is 25.7 Å². The fourth-order valence-corrected chi connectivity index (χ4v) is 3.01. The molecule has 114 valence electrons. The van der Waals surface area contributed by atoms with Gasteiger partial charge in [-0.05, 0) is 37.0 Å². The van der Waals surface area contributed by atoms with Gasteiger partial charge in [0.2, 0.25) is 5.95 Å². The van der Waals surface area contributed by atoms with Gasteiger partial charge in [-0.2, -0.15) is 0 Å². The molecule has 3 rings (SSSR count). The fourth-order valence-electron chi connectivity index (χ4n) is 3.01. The van der Waals surface area contributed by atoms with E-state index in [1.54, 1.807) is 12.1 Å². The second-order valence-electron chi connectivity index (χ2n) is 5.37. The molecular formula is C16H17FN4O. The average Bonchev–Trinajstić information content (AvgIpc) is 2.46. The van der Waals surface area contributed by atoms with Gasteiger partial charge in [-0.15, -0.1) is 0 Å². The Hall–Kier alpha value is -2.50. The SMILES string of the molecule is CO/N=C1\CC(c2cccc(F)c2)Cc2nc(N)nc(C)c21. The number of hydrogen-bond donors (Lipinski definition) is 1. The molecule has 1 aliphatic carbocycles. The van der Waals surface area contributed by atoms with Gasteiger partial charge < -0.3 is 10.6 Å². The summed E-state index contributed by atoms with van der Waals surface area (Å²) in [5.74, 6) is 0.0885. The largest absolute Gasteiger partial charge is 0.399 e. The lowest BCUT2D eigenvalue weighted by Crippen LogP contribution is -2.24. The van der Waals surface area contributed by atoms with Crippen LogP contribution in [0.25, 0.3) is 0 Å². The molecule has 0 fully saturated rings. The van der Waals surface area contributed by atoms with E-state index in [9.17, 15) is 4.39 Å². The first-order valence-corrected chi connectivity index (χ1v) is 7.07. The zero-order valence-electron chi connectivity index (χ0n) is 12.5. The van der Waals surface area contributed by atoms with Crippen molar-refractivity contribution in [3.8, 4) is 0 Å². The minimum absolute atomic E-state index is 0.0887. The van der Waals surface area contributed by atoms with E-state index in [-0.39, 0.29) is 17.7 Å². The van der Waals surface area contributed by atoms with Gasteiger partial charge in [0.25, 0.3) is 0 Å². The number of aryl methyl sites for hydroxylation is 1. The molecule has 1 atom stereocenters. The van der Waals surface area contributed by atoms with Crippen molar-refractivity contribution in [1.82, 2.24) is 9.97 Å². The maximum Gasteiger partial charge on any atom is 0.220 e. The second-order valence-corrected chi connectivity index (χ2v) is 5.37. The number of rotatable bonds is 2. The third-order valence-electron chi connectivity index (χ3n) is 3.87. The quantitative estimate of drug-likeness (QED) is 0.865. The summed E-state index contributed by atoms with van der Waals surface area (Å²) in [7, 11) is 1.51. The van der Waals surface area contributed by atoms with Gasteiger partial charge in [-0.1, -0.05) is 17.3 Å². The standard InChI is InChI=1S/C16H17FN4O/c1-9-15-13(20-16(18)19-9)7-11(8-14(15)21-22-2)10-4-3-5-12(17)6-10/h3-6,11H,7-8H2,1-2H3,(H2,18,19,20)/b21-14+. The molecule has 5 nitrogen and oxygen atoms in total. The van der Waals surface area contributed by atoms with Crippen LogP contribution in [0.2, 0.25) is 0 Å². The molecule has 0 aliphatic heterocycles. The average molecular weight is 300 g/mol. The monoisotopic (exact) mass is 300 g/mol. The highest BCUT2D eigenvalue weighted by atomic mass is 19.1. The molecule has 0 bridgehead atoms. The first kappa shape index (κ1) is 14.4. The van der Waals surface area contributed by atoms with Gasteiger partial charge >= 0.3 is 0 Å². The lowest BCUT2D eigenvalue weighted by atomic mass is 9.81. The van der Waals surface area contributed by atoms with Crippen LogP contribution in [0, 0.1) is 12.7 Å². The third kappa shape index (κ3) is 2.64. The zero-order chi connectivity index (χ0) is 15.7. The van der Waals surface area contributed by atoms with Crippen LogP contribution in [0.5, 0.6) is 0 Å². The van der Waals surface area contributed by atoms with Crippen LogP contribution in [0.15, 0.2) is 29.4 Å². The third-order valence-corrected chi connectivity index (χ3v) is 3.87. The van der Waals surface area contributed by atoms with Crippen LogP contribution in [0.3, 0.4) is 0 Å². The Morgan fingerprint density at radius 2 is 2.14 bits per heavy atom. The zero-order valence-corrected chi connectivity index (χ0v) is 12.5. The smallest absolute Gasteiger partial charge is 0.220 e. The minimum atomic E-state index is -0.244. The van der Waals surface area contributed by atoms with Crippen molar-refractivity contribution >= 4 is 11.7 Å². The van der Waals surface area contributed by atoms with E-state index < -0.39 is 0 Å². The molecule has 0 spiro atoms. The maximum atomic E-state index is 13.5. The van der Waals surface area contributed by atoms with E-state index in [1.807, 2.05) is 13.0 Å². The van der Waals surface area contributed by atoms with Gasteiger partial charge in [-0.25, -0.2) is 14.4 Å². The van der Waals surface area contributed by atoms with E-state index in [4.69, 9.17) is 10.6 Å². The number of aromatic nitrogens is 2. The van der Waals surface area contributed by atoms with Crippen LogP contribution in [-0.2, 0) is 11.3 Å². The molecule has 1 aliphatic rings. The van der Waals surface area contributed by atoms with Crippen molar-refractivity contribution < 1.29 is 9.23 Å². The lowest BCUT2D eigenvalue weighted by Gasteiger charge is -2.26. The molecule has 1 heterocycles. The van der Waals surface area contributed by atoms with Crippen molar-refractivity contribution in [2.75, 3.05) is 12.8 Å². The van der Waals surface area contributed by atoms with E-state index in [1.165, 1.54) is 13.2 Å². The second kappa shape index (κ2) is 5.71. The van der Waals surface area contributed by atoms with Crippen LogP contribution in [-0.4, -0.2) is 22.8 Å². The van der Waals surface area contributed by atoms with E-state index in [0.717, 1.165) is 28.2 Å². The van der Waals surface area contributed by atoms with Crippen LogP contribution < -0.4 is 5.73 Å². The molecule has 2 aromatic rings. The van der Waals surface area contributed by atoms with E-state index >= 15 is 0 Å². The Labute approximate surface area is 128 Å². The number of halogens is 1. The Morgan fingerprint density at radius 1 is 1.32 bits per heavy atom. The van der Waals surface area contributed by atoms with E-state index in [2.05, 4.69) is 15.1 Å². The summed E-state index contributed by atoms with van der Waals surface area (Å²) in [4.78, 5) is 13.5. The molecule has 1 unspecified atom stereocenters. The molecule has 0 radical (unpaired) electrons. The maximum absolute atomic E-state index is 13.5. The summed E-state index contributed by atoms with van der Waals surface area (Å²) in [6, 6.07) is 6.62. The fraction of sp³-hybridized carbons (Fsp3) is 0.312. The Balaban J connectivity index is 2.07. The minimum Gasteiger partial charge on any atom is -0.399 e. The molecule has 0 amide bonds. The summed E-state index contributed by atoms with van der Waals surface area (Å²) in [6.07, 6.45) is 1.33. The molecule has 1 aromatic carbocycles. The highest BCUT2D eigenvalue weighted by Crippen LogP contribution is 2.33. The number of nitrogens with zero attached hydrogens (tertiary/aromatic N) is 3. The molecule has 1 aromatic heterocycles. The van der Waals surface area contributed by atoms with Crippen LogP contribution in [0.1, 0.15) is 34.9 Å². The molecule has 22 heavy (non-hydrogen) atoms.